The van der Waals surface area contributed by atoms with Crippen molar-refractivity contribution in [2.24, 2.45) is 85.1 Å². The number of anilines is 4. The van der Waals surface area contributed by atoms with Crippen LogP contribution in [0.1, 0.15) is 5.56 Å². The molecular formula is C51H68Cl3N19O4S. The van der Waals surface area contributed by atoms with Crippen LogP contribution in [0.15, 0.2) is 195 Å². The number of nitrogens with zero attached hydrogens (tertiary/aromatic N) is 18. The predicted octanol–water partition coefficient (Wildman–Crippen LogP) is -2.86. The lowest BCUT2D eigenvalue weighted by molar-refractivity contribution is -0.671. The van der Waals surface area contributed by atoms with Crippen LogP contribution in [0, 0.1) is 0 Å². The van der Waals surface area contributed by atoms with Gasteiger partial charge in [0.25, 0.3) is 10.1 Å². The van der Waals surface area contributed by atoms with E-state index in [0.717, 1.165) is 57.3 Å². The lowest BCUT2D eigenvalue weighted by atomic mass is 10.3. The Hall–Kier alpha value is -8.00. The second-order valence-corrected chi connectivity index (χ2v) is 18.5. The number of benzene rings is 4. The van der Waals surface area contributed by atoms with Crippen LogP contribution < -0.4 is 81.3 Å². The molecule has 0 unspecified atom stereocenters. The highest BCUT2D eigenvalue weighted by atomic mass is 35.5. The molecule has 0 amide bonds. The Balaban J connectivity index is 0.000000496. The van der Waals surface area contributed by atoms with Gasteiger partial charge in [-0.05, 0) is 90.0 Å². The summed E-state index contributed by atoms with van der Waals surface area (Å²) in [6, 6.07) is 37.3. The minimum atomic E-state index is -3.72. The van der Waals surface area contributed by atoms with Gasteiger partial charge in [-0.15, -0.1) is 4.68 Å². The first-order chi connectivity index (χ1) is 35.6. The number of hydrazone groups is 1. The number of azo groups is 3. The Morgan fingerprint density at radius 1 is 0.564 bits per heavy atom. The van der Waals surface area contributed by atoms with Crippen molar-refractivity contribution >= 4 is 74.0 Å². The normalized spacial score (nSPS) is 10.6. The van der Waals surface area contributed by atoms with E-state index in [-0.39, 0.29) is 37.2 Å². The number of nitrogen functional groups attached to an aromatic ring is 1. The first kappa shape index (κ1) is 68.0. The average Bonchev–Trinajstić information content (AvgIpc) is 4.03. The zero-order valence-corrected chi connectivity index (χ0v) is 49.0. The molecule has 0 aliphatic heterocycles. The molecule has 78 heavy (non-hydrogen) atoms. The molecule has 0 aliphatic carbocycles. The maximum Gasteiger partial charge on any atom is 0.421 e. The summed E-state index contributed by atoms with van der Waals surface area (Å²) in [7, 11) is 19.7. The number of hydrogen-bond acceptors (Lipinski definition) is 16. The molecule has 0 spiro atoms. The Morgan fingerprint density at radius 3 is 1.31 bits per heavy atom. The SMILES string of the molecule is CN(C)c1ccc(N=Nc2n(C)cc[n+]2C)cc1.CN(C)c1ccc(N=Nc2n(C)nc[n+]2C)cc1.CN(N=Cc1cc[n+](C)cc1)c1ccccc1.CS(=O)(=O)O[O-].Cn1cc[n+](C)c1N=Nc1ccc(N)cc1.[Cl-].[Cl-].[Cl-]. The molecular weight excluding hydrogens is 1080 g/mol. The molecule has 23 nitrogen and oxygen atoms in total. The van der Waals surface area contributed by atoms with Crippen LogP contribution >= 0.6 is 0 Å². The summed E-state index contributed by atoms with van der Waals surface area (Å²) in [5.74, 6) is 2.30. The van der Waals surface area contributed by atoms with Crippen molar-refractivity contribution in [2.45, 2.75) is 0 Å². The molecule has 4 aromatic heterocycles. The van der Waals surface area contributed by atoms with Gasteiger partial charge in [-0.1, -0.05) is 33.5 Å². The number of aryl methyl sites for hydroxylation is 7. The van der Waals surface area contributed by atoms with Crippen molar-refractivity contribution in [3.8, 4) is 0 Å². The van der Waals surface area contributed by atoms with Crippen LogP contribution in [-0.4, -0.2) is 75.0 Å². The van der Waals surface area contributed by atoms with Crippen LogP contribution in [0.5, 0.6) is 0 Å². The van der Waals surface area contributed by atoms with E-state index in [2.05, 4.69) is 50.1 Å². The van der Waals surface area contributed by atoms with Crippen molar-refractivity contribution in [2.75, 3.05) is 62.0 Å². The highest BCUT2D eigenvalue weighted by molar-refractivity contribution is 7.85. The number of hydrogen-bond donors (Lipinski definition) is 1. The average molecular weight is 1150 g/mol. The van der Waals surface area contributed by atoms with Crippen molar-refractivity contribution < 1.29 is 73.5 Å². The van der Waals surface area contributed by atoms with Crippen molar-refractivity contribution in [1.29, 1.82) is 0 Å². The Bertz CT molecular complexity index is 3060. The standard InChI is InChI=1S/C14H16N3.C13H18N5.C12H17N6.C11H13N5.CH4O4S.3ClH/c1-16-10-8-13(9-11-16)12-15-17(2)14-6-4-3-5-7-14;1-16(2)12-7-5-11(6-8-12)14-15-13-17(3)9-10-18(13)4;1-16(2)11-7-5-10(6-8-11)14-15-12-17(3)9-13-18(12)4;1-15-7-8-16(2)11(15)14-13-10-5-3-9(12)4-6-10;1-6(3,4)5-2;;;/h3-12H,1-2H3;5-10H,1-4H3;5-9H,1-4H3;3-8,12H,1-2H3;2H,1H3;3*1H/q3*+1;;;;;/p-3. The number of aromatic nitrogens is 8. The summed E-state index contributed by atoms with van der Waals surface area (Å²) >= 11 is 0. The van der Waals surface area contributed by atoms with E-state index in [0.29, 0.717) is 12.2 Å². The minimum Gasteiger partial charge on any atom is -1.00 e. The van der Waals surface area contributed by atoms with Crippen LogP contribution in [0.4, 0.5) is 57.7 Å². The molecule has 4 aromatic carbocycles. The number of rotatable bonds is 12. The molecule has 0 bridgehead atoms. The molecule has 0 saturated heterocycles. The summed E-state index contributed by atoms with van der Waals surface area (Å²) in [5.41, 5.74) is 13.2. The Labute approximate surface area is 475 Å². The van der Waals surface area contributed by atoms with Crippen molar-refractivity contribution in [3.63, 3.8) is 0 Å². The zero-order chi connectivity index (χ0) is 55.1. The molecule has 0 fully saturated rings. The molecule has 4 heterocycles. The number of nitrogens with two attached hydrogens (primary N) is 1. The number of halogens is 3. The molecule has 27 heteroatoms. The van der Waals surface area contributed by atoms with E-state index in [1.165, 1.54) is 0 Å². The molecule has 8 rings (SSSR count). The van der Waals surface area contributed by atoms with Crippen LogP contribution in [0.3, 0.4) is 0 Å². The zero-order valence-electron chi connectivity index (χ0n) is 45.9. The molecule has 0 atom stereocenters. The number of pyridine rings is 1. The van der Waals surface area contributed by atoms with Gasteiger partial charge < -0.3 is 62.3 Å². The lowest BCUT2D eigenvalue weighted by Gasteiger charge is -2.11. The summed E-state index contributed by atoms with van der Waals surface area (Å²) in [6.07, 6.45) is 16.0. The van der Waals surface area contributed by atoms with Crippen LogP contribution in [0.25, 0.3) is 0 Å². The number of para-hydroxylation sites is 1. The van der Waals surface area contributed by atoms with E-state index >= 15 is 0 Å². The molecule has 0 saturated carbocycles. The van der Waals surface area contributed by atoms with E-state index in [1.807, 2.05) is 268 Å². The summed E-state index contributed by atoms with van der Waals surface area (Å²) < 4.78 is 34.7. The smallest absolute Gasteiger partial charge is 0.421 e. The Kier molecular flexibility index (Phi) is 29.6. The van der Waals surface area contributed by atoms with Gasteiger partial charge in [-0.3, -0.25) is 5.01 Å². The van der Waals surface area contributed by atoms with Gasteiger partial charge >= 0.3 is 17.8 Å². The third-order valence-corrected chi connectivity index (χ3v) is 10.6. The maximum absolute atomic E-state index is 9.47. The topological polar surface area (TPSA) is 232 Å². The van der Waals surface area contributed by atoms with Gasteiger partial charge in [0.15, 0.2) is 12.4 Å². The lowest BCUT2D eigenvalue weighted by Crippen LogP contribution is -3.00. The van der Waals surface area contributed by atoms with Gasteiger partial charge in [0.2, 0.25) is 6.33 Å². The quantitative estimate of drug-likeness (QED) is 0.0331. The monoisotopic (exact) mass is 1150 g/mol. The Morgan fingerprint density at radius 2 is 0.962 bits per heavy atom. The molecule has 0 radical (unpaired) electrons. The number of imidazole rings is 2. The van der Waals surface area contributed by atoms with Gasteiger partial charge in [0, 0.05) is 85.3 Å². The van der Waals surface area contributed by atoms with Gasteiger partial charge in [-0.2, -0.15) is 5.10 Å². The second kappa shape index (κ2) is 33.9. The predicted molar refractivity (Wildman–Crippen MR) is 288 cm³/mol. The summed E-state index contributed by atoms with van der Waals surface area (Å²) in [6.45, 7) is 0. The van der Waals surface area contributed by atoms with Gasteiger partial charge in [-0.25, -0.2) is 35.8 Å². The molecule has 2 N–H and O–H groups in total. The fraction of sp³-hybridized carbons (Fsp3) is 0.255. The van der Waals surface area contributed by atoms with Gasteiger partial charge in [0.1, 0.15) is 18.4 Å². The molecule has 0 aliphatic rings. The highest BCUT2D eigenvalue weighted by Gasteiger charge is 2.13. The first-order valence-electron chi connectivity index (χ1n) is 23.0. The summed E-state index contributed by atoms with van der Waals surface area (Å²) in [5, 5.41) is 44.4. The fourth-order valence-electron chi connectivity index (χ4n) is 6.01. The van der Waals surface area contributed by atoms with Gasteiger partial charge in [0.05, 0.1) is 90.9 Å². The third kappa shape index (κ3) is 23.5. The molecule has 8 aromatic rings. The van der Waals surface area contributed by atoms with E-state index in [1.54, 1.807) is 23.1 Å². The summed E-state index contributed by atoms with van der Waals surface area (Å²) in [4.78, 5) is 4.10. The van der Waals surface area contributed by atoms with Crippen LogP contribution in [0.2, 0.25) is 0 Å². The van der Waals surface area contributed by atoms with Crippen LogP contribution in [-0.2, 0) is 63.8 Å². The van der Waals surface area contributed by atoms with E-state index in [4.69, 9.17) is 11.0 Å². The first-order valence-corrected chi connectivity index (χ1v) is 24.8. The molecule has 418 valence electrons. The maximum atomic E-state index is 9.47. The highest BCUT2D eigenvalue weighted by Crippen LogP contribution is 2.22. The van der Waals surface area contributed by atoms with Crippen molar-refractivity contribution in [3.05, 3.63) is 164 Å². The van der Waals surface area contributed by atoms with E-state index in [9.17, 15) is 8.42 Å². The third-order valence-electron chi connectivity index (χ3n) is 10.3. The fourth-order valence-corrected chi connectivity index (χ4v) is 6.01. The minimum absolute atomic E-state index is 0. The second-order valence-electron chi connectivity index (χ2n) is 17.0. The van der Waals surface area contributed by atoms with E-state index < -0.39 is 10.1 Å². The largest absolute Gasteiger partial charge is 1.00 e. The van der Waals surface area contributed by atoms with Crippen molar-refractivity contribution in [1.82, 2.24) is 18.9 Å².